The summed E-state index contributed by atoms with van der Waals surface area (Å²) in [4.78, 5) is 11.6. The number of rotatable bonds is 7. The molecule has 28 heavy (non-hydrogen) atoms. The molecule has 0 bridgehead atoms. The Bertz CT molecular complexity index is 953. The molecule has 0 aliphatic rings. The van der Waals surface area contributed by atoms with Gasteiger partial charge < -0.3 is 9.47 Å². The number of hydrogen-bond acceptors (Lipinski definition) is 6. The smallest absolute Gasteiger partial charge is 0.185 e. The van der Waals surface area contributed by atoms with Gasteiger partial charge in [0.05, 0.1) is 19.8 Å². The van der Waals surface area contributed by atoms with Gasteiger partial charge in [-0.25, -0.2) is 4.68 Å². The van der Waals surface area contributed by atoms with E-state index in [-0.39, 0.29) is 0 Å². The summed E-state index contributed by atoms with van der Waals surface area (Å²) in [5, 5.41) is 11.3. The van der Waals surface area contributed by atoms with E-state index in [9.17, 15) is 4.79 Å². The second-order valence-electron chi connectivity index (χ2n) is 5.90. The Hall–Kier alpha value is -3.74. The number of tetrazole rings is 1. The highest BCUT2D eigenvalue weighted by Crippen LogP contribution is 2.27. The summed E-state index contributed by atoms with van der Waals surface area (Å²) < 4.78 is 11.9. The molecule has 0 fully saturated rings. The first-order valence-electron chi connectivity index (χ1n) is 8.55. The number of benzene rings is 2. The van der Waals surface area contributed by atoms with Crippen molar-refractivity contribution in [3.8, 4) is 11.5 Å². The number of nitrogens with zero attached hydrogens (tertiary/aromatic N) is 4. The predicted octanol–water partition coefficient (Wildman–Crippen LogP) is 2.94. The van der Waals surface area contributed by atoms with Crippen LogP contribution in [0.2, 0.25) is 0 Å². The van der Waals surface area contributed by atoms with Crippen molar-refractivity contribution in [3.63, 3.8) is 0 Å². The minimum absolute atomic E-state index is 0.382. The lowest BCUT2D eigenvalue weighted by Crippen LogP contribution is -1.99. The largest absolute Gasteiger partial charge is 0.497 e. The summed E-state index contributed by atoms with van der Waals surface area (Å²) in [6.45, 7) is 0. The van der Waals surface area contributed by atoms with E-state index < -0.39 is 0 Å². The van der Waals surface area contributed by atoms with E-state index in [1.165, 1.54) is 4.68 Å². The number of carbonyl (C=O) groups excluding carboxylic acids is 1. The Morgan fingerprint density at radius 3 is 1.82 bits per heavy atom. The number of aromatic nitrogens is 4. The Morgan fingerprint density at radius 1 is 0.893 bits per heavy atom. The normalized spacial score (nSPS) is 11.0. The van der Waals surface area contributed by atoms with Gasteiger partial charge in [-0.05, 0) is 57.5 Å². The van der Waals surface area contributed by atoms with Crippen LogP contribution in [0.5, 0.6) is 11.5 Å². The Morgan fingerprint density at radius 2 is 1.43 bits per heavy atom. The van der Waals surface area contributed by atoms with E-state index >= 15 is 0 Å². The van der Waals surface area contributed by atoms with E-state index in [2.05, 4.69) is 15.5 Å². The molecular weight excluding hydrogens is 356 g/mol. The highest BCUT2D eigenvalue weighted by Gasteiger charge is 2.09. The molecule has 1 heterocycles. The molecule has 0 saturated heterocycles. The first-order valence-corrected chi connectivity index (χ1v) is 8.55. The molecule has 142 valence electrons. The quantitative estimate of drug-likeness (QED) is 0.358. The maximum Gasteiger partial charge on any atom is 0.185 e. The molecule has 7 nitrogen and oxygen atoms in total. The number of aldehydes is 1. The van der Waals surface area contributed by atoms with Crippen LogP contribution in [0, 0.1) is 0 Å². The molecule has 0 radical (unpaired) electrons. The second kappa shape index (κ2) is 8.77. The lowest BCUT2D eigenvalue weighted by molar-refractivity contribution is -0.103. The van der Waals surface area contributed by atoms with Crippen molar-refractivity contribution in [1.82, 2.24) is 20.2 Å². The van der Waals surface area contributed by atoms with Gasteiger partial charge >= 0.3 is 0 Å². The van der Waals surface area contributed by atoms with E-state index in [0.717, 1.165) is 34.5 Å². The van der Waals surface area contributed by atoms with Crippen molar-refractivity contribution >= 4 is 17.4 Å². The number of ether oxygens (including phenoxy) is 2. The van der Waals surface area contributed by atoms with Gasteiger partial charge in [0.2, 0.25) is 0 Å². The van der Waals surface area contributed by atoms with Crippen LogP contribution in [-0.4, -0.2) is 40.7 Å². The van der Waals surface area contributed by atoms with Crippen LogP contribution in [0.15, 0.2) is 60.7 Å². The zero-order valence-corrected chi connectivity index (χ0v) is 15.9. The number of methoxy groups -OCH3 is 2. The summed E-state index contributed by atoms with van der Waals surface area (Å²) in [6.07, 6.45) is 4.33. The van der Waals surface area contributed by atoms with Gasteiger partial charge in [0.15, 0.2) is 12.1 Å². The number of hydrogen-bond donors (Lipinski definition) is 0. The van der Waals surface area contributed by atoms with Crippen molar-refractivity contribution in [1.29, 1.82) is 0 Å². The third kappa shape index (κ3) is 4.15. The highest BCUT2D eigenvalue weighted by molar-refractivity contribution is 6.06. The fraction of sp³-hybridized carbons (Fsp3) is 0.143. The predicted molar refractivity (Wildman–Crippen MR) is 106 cm³/mol. The standard InChI is InChI=1S/C21H20N4O3/c1-25-21(22-23-24-25)17(14-26)8-13-20(15-4-9-18(27-2)10-5-15)16-6-11-19(28-3)12-7-16/h4-14H,1-3H3/b17-8-. The molecular formula is C21H20N4O3. The molecule has 0 saturated carbocycles. The molecule has 0 amide bonds. The van der Waals surface area contributed by atoms with Crippen molar-refractivity contribution in [3.05, 3.63) is 77.6 Å². The molecule has 0 atom stereocenters. The Labute approximate surface area is 162 Å². The molecule has 1 aromatic heterocycles. The fourth-order valence-corrected chi connectivity index (χ4v) is 2.71. The maximum atomic E-state index is 11.6. The summed E-state index contributed by atoms with van der Waals surface area (Å²) in [6, 6.07) is 15.4. The third-order valence-corrected chi connectivity index (χ3v) is 4.24. The first-order chi connectivity index (χ1) is 13.7. The second-order valence-corrected chi connectivity index (χ2v) is 5.90. The fourth-order valence-electron chi connectivity index (χ4n) is 2.71. The van der Waals surface area contributed by atoms with Crippen LogP contribution >= 0.6 is 0 Å². The SMILES string of the molecule is COc1ccc(C(=C/C=C(/C=O)c2nnnn2C)c2ccc(OC)cc2)cc1. The Kier molecular flexibility index (Phi) is 5.96. The summed E-state index contributed by atoms with van der Waals surface area (Å²) in [7, 11) is 4.94. The molecule has 0 aliphatic carbocycles. The van der Waals surface area contributed by atoms with E-state index in [1.54, 1.807) is 27.3 Å². The topological polar surface area (TPSA) is 79.1 Å². The van der Waals surface area contributed by atoms with Crippen LogP contribution in [0.3, 0.4) is 0 Å². The molecule has 0 unspecified atom stereocenters. The molecule has 7 heteroatoms. The van der Waals surface area contributed by atoms with Crippen LogP contribution in [0.1, 0.15) is 17.0 Å². The van der Waals surface area contributed by atoms with Gasteiger partial charge in [0, 0.05) is 7.05 Å². The molecule has 0 N–H and O–H groups in total. The summed E-state index contributed by atoms with van der Waals surface area (Å²) in [5.41, 5.74) is 3.26. The average Bonchev–Trinajstić information content (AvgIpc) is 3.17. The van der Waals surface area contributed by atoms with Crippen LogP contribution in [-0.2, 0) is 11.8 Å². The first kappa shape index (κ1) is 19.0. The highest BCUT2D eigenvalue weighted by atomic mass is 16.5. The zero-order valence-electron chi connectivity index (χ0n) is 15.9. The molecule has 0 aliphatic heterocycles. The van der Waals surface area contributed by atoms with Crippen LogP contribution in [0.4, 0.5) is 0 Å². The molecule has 3 rings (SSSR count). The lowest BCUT2D eigenvalue weighted by atomic mass is 9.97. The van der Waals surface area contributed by atoms with Gasteiger partial charge in [-0.3, -0.25) is 4.79 Å². The van der Waals surface area contributed by atoms with Gasteiger partial charge in [-0.15, -0.1) is 5.10 Å². The van der Waals surface area contributed by atoms with Gasteiger partial charge in [0.25, 0.3) is 0 Å². The molecule has 2 aromatic carbocycles. The van der Waals surface area contributed by atoms with Gasteiger partial charge in [0.1, 0.15) is 11.5 Å². The zero-order chi connectivity index (χ0) is 19.9. The average molecular weight is 376 g/mol. The molecule has 3 aromatic rings. The Balaban J connectivity index is 2.08. The number of aryl methyl sites for hydroxylation is 1. The minimum atomic E-state index is 0.382. The third-order valence-electron chi connectivity index (χ3n) is 4.24. The van der Waals surface area contributed by atoms with Crippen molar-refractivity contribution in [2.24, 2.45) is 7.05 Å². The van der Waals surface area contributed by atoms with E-state index in [4.69, 9.17) is 9.47 Å². The van der Waals surface area contributed by atoms with Crippen molar-refractivity contribution in [2.75, 3.05) is 14.2 Å². The number of carbonyl (C=O) groups is 1. The van der Waals surface area contributed by atoms with Crippen LogP contribution in [0.25, 0.3) is 11.1 Å². The minimum Gasteiger partial charge on any atom is -0.497 e. The van der Waals surface area contributed by atoms with Crippen molar-refractivity contribution in [2.45, 2.75) is 0 Å². The summed E-state index contributed by atoms with van der Waals surface area (Å²) >= 11 is 0. The van der Waals surface area contributed by atoms with Crippen LogP contribution < -0.4 is 9.47 Å². The van der Waals surface area contributed by atoms with E-state index in [1.807, 2.05) is 54.6 Å². The molecule has 0 spiro atoms. The van der Waals surface area contributed by atoms with E-state index in [0.29, 0.717) is 11.4 Å². The lowest BCUT2D eigenvalue weighted by Gasteiger charge is -2.10. The monoisotopic (exact) mass is 376 g/mol. The van der Waals surface area contributed by atoms with Gasteiger partial charge in [-0.1, -0.05) is 30.3 Å². The summed E-state index contributed by atoms with van der Waals surface area (Å²) in [5.74, 6) is 1.94. The number of allylic oxidation sites excluding steroid dienone is 3. The van der Waals surface area contributed by atoms with Crippen molar-refractivity contribution < 1.29 is 14.3 Å². The van der Waals surface area contributed by atoms with Gasteiger partial charge in [-0.2, -0.15) is 0 Å². The maximum absolute atomic E-state index is 11.6.